The zero-order valence-corrected chi connectivity index (χ0v) is 21.2. The molecular weight excluding hydrogens is 458 g/mol. The summed E-state index contributed by atoms with van der Waals surface area (Å²) in [6.45, 7) is 6.26. The van der Waals surface area contributed by atoms with E-state index < -0.39 is 5.92 Å². The van der Waals surface area contributed by atoms with Crippen LogP contribution in [0.1, 0.15) is 54.9 Å². The molecule has 6 nitrogen and oxygen atoms in total. The fraction of sp³-hybridized carbons (Fsp3) is 0.321. The quantitative estimate of drug-likeness (QED) is 0.361. The molecule has 35 heavy (non-hydrogen) atoms. The van der Waals surface area contributed by atoms with Gasteiger partial charge in [-0.05, 0) is 42.0 Å². The predicted octanol–water partition coefficient (Wildman–Crippen LogP) is 5.58. The normalized spacial score (nSPS) is 18.5. The summed E-state index contributed by atoms with van der Waals surface area (Å²) in [7, 11) is 1.61. The number of carbonyl (C=O) groups excluding carboxylic acids is 1. The number of allylic oxidation sites excluding steroid dienone is 2. The van der Waals surface area contributed by atoms with Crippen LogP contribution in [0.25, 0.3) is 0 Å². The summed E-state index contributed by atoms with van der Waals surface area (Å²) in [6.07, 6.45) is 1.16. The number of anilines is 1. The van der Waals surface area contributed by atoms with E-state index in [0.717, 1.165) is 16.8 Å². The van der Waals surface area contributed by atoms with Gasteiger partial charge in [-0.1, -0.05) is 67.6 Å². The third kappa shape index (κ3) is 4.65. The maximum absolute atomic E-state index is 13.5. The number of aryl methyl sites for hydroxylation is 1. The van der Waals surface area contributed by atoms with Gasteiger partial charge in [-0.25, -0.2) is 4.98 Å². The van der Waals surface area contributed by atoms with Crippen LogP contribution in [0.15, 0.2) is 69.8 Å². The Morgan fingerprint density at radius 3 is 2.63 bits per heavy atom. The molecule has 0 saturated carbocycles. The first-order valence-corrected chi connectivity index (χ1v) is 12.7. The van der Waals surface area contributed by atoms with Crippen LogP contribution < -0.4 is 15.6 Å². The van der Waals surface area contributed by atoms with E-state index in [4.69, 9.17) is 9.72 Å². The highest BCUT2D eigenvalue weighted by atomic mass is 32.2. The largest absolute Gasteiger partial charge is 0.497 e. The molecule has 5 rings (SSSR count). The van der Waals surface area contributed by atoms with Crippen molar-refractivity contribution < 1.29 is 9.53 Å². The first kappa shape index (κ1) is 23.4. The lowest BCUT2D eigenvalue weighted by atomic mass is 9.69. The molecule has 2 heterocycles. The van der Waals surface area contributed by atoms with Crippen LogP contribution in [0.4, 0.5) is 5.82 Å². The zero-order chi connectivity index (χ0) is 24.7. The Kier molecular flexibility index (Phi) is 6.05. The molecule has 2 N–H and O–H groups in total. The number of methoxy groups -OCH3 is 1. The van der Waals surface area contributed by atoms with Crippen LogP contribution in [0, 0.1) is 12.3 Å². The molecule has 2 aromatic carbocycles. The van der Waals surface area contributed by atoms with Crippen LogP contribution in [0.5, 0.6) is 5.75 Å². The first-order valence-electron chi connectivity index (χ1n) is 11.7. The van der Waals surface area contributed by atoms with Gasteiger partial charge < -0.3 is 15.0 Å². The number of nitrogens with one attached hydrogen (secondary N) is 2. The SMILES string of the molecule is COc1cccc([C@H]2C3=C(CC(C)(C)CC3=O)Nc3nc(SCc4ccc(C)cc4)[nH]c(=O)c32)c1. The molecule has 0 radical (unpaired) electrons. The average Bonchev–Trinajstić information content (AvgIpc) is 2.81. The van der Waals surface area contributed by atoms with E-state index in [1.807, 2.05) is 24.3 Å². The molecule has 0 unspecified atom stereocenters. The van der Waals surface area contributed by atoms with E-state index in [1.54, 1.807) is 7.11 Å². The van der Waals surface area contributed by atoms with Crippen molar-refractivity contribution >= 4 is 23.4 Å². The van der Waals surface area contributed by atoms with E-state index in [9.17, 15) is 9.59 Å². The molecular formula is C28H29N3O3S. The molecule has 2 aliphatic rings. The summed E-state index contributed by atoms with van der Waals surface area (Å²) in [5.74, 6) is 1.48. The van der Waals surface area contributed by atoms with Crippen molar-refractivity contribution in [1.82, 2.24) is 9.97 Å². The van der Waals surface area contributed by atoms with Gasteiger partial charge in [-0.2, -0.15) is 0 Å². The number of Topliss-reactive ketones (excluding diaryl/α,β-unsaturated/α-hetero) is 1. The van der Waals surface area contributed by atoms with Crippen LogP contribution in [-0.4, -0.2) is 22.9 Å². The molecule has 0 saturated heterocycles. The summed E-state index contributed by atoms with van der Waals surface area (Å²) in [4.78, 5) is 34.6. The number of fused-ring (bicyclic) bond motifs is 1. The van der Waals surface area contributed by atoms with E-state index >= 15 is 0 Å². The summed E-state index contributed by atoms with van der Waals surface area (Å²) in [6, 6.07) is 15.9. The van der Waals surface area contributed by atoms with Gasteiger partial charge in [0.1, 0.15) is 11.6 Å². The van der Waals surface area contributed by atoms with Crippen molar-refractivity contribution in [2.45, 2.75) is 50.4 Å². The van der Waals surface area contributed by atoms with E-state index in [2.05, 4.69) is 55.3 Å². The van der Waals surface area contributed by atoms with E-state index in [1.165, 1.54) is 17.3 Å². The lowest BCUT2D eigenvalue weighted by molar-refractivity contribution is -0.118. The fourth-order valence-electron chi connectivity index (χ4n) is 4.95. The molecule has 3 aromatic rings. The number of thioether (sulfide) groups is 1. The smallest absolute Gasteiger partial charge is 0.257 e. The molecule has 1 aromatic heterocycles. The third-order valence-electron chi connectivity index (χ3n) is 6.62. The predicted molar refractivity (Wildman–Crippen MR) is 139 cm³/mol. The highest BCUT2D eigenvalue weighted by molar-refractivity contribution is 7.98. The number of H-pyrrole nitrogens is 1. The molecule has 0 fully saturated rings. The standard InChI is InChI=1S/C28H29N3O3S/c1-16-8-10-17(11-9-16)15-35-27-30-25-24(26(33)31-27)22(18-6-5-7-19(12-18)34-4)23-20(29-25)13-28(2,3)14-21(23)32/h5-12,22H,13-15H2,1-4H3,(H2,29,30,31,33)/t22-/m0/s1. The molecule has 0 amide bonds. The molecule has 7 heteroatoms. The van der Waals surface area contributed by atoms with Gasteiger partial charge in [0, 0.05) is 29.4 Å². The van der Waals surface area contributed by atoms with Gasteiger partial charge in [0.05, 0.1) is 12.7 Å². The number of hydrogen-bond acceptors (Lipinski definition) is 6. The second kappa shape index (κ2) is 9.04. The molecule has 180 valence electrons. The van der Waals surface area contributed by atoms with Gasteiger partial charge >= 0.3 is 0 Å². The average molecular weight is 488 g/mol. The highest BCUT2D eigenvalue weighted by Crippen LogP contribution is 2.48. The summed E-state index contributed by atoms with van der Waals surface area (Å²) in [5.41, 5.74) is 4.82. The minimum absolute atomic E-state index is 0.0689. The molecule has 1 aliphatic carbocycles. The monoisotopic (exact) mass is 487 g/mol. The maximum Gasteiger partial charge on any atom is 0.257 e. The van der Waals surface area contributed by atoms with Gasteiger partial charge in [0.15, 0.2) is 10.9 Å². The Bertz CT molecular complexity index is 1390. The maximum atomic E-state index is 13.5. The fourth-order valence-corrected chi connectivity index (χ4v) is 5.77. The minimum atomic E-state index is -0.493. The van der Waals surface area contributed by atoms with Crippen molar-refractivity contribution in [1.29, 1.82) is 0 Å². The zero-order valence-electron chi connectivity index (χ0n) is 20.4. The molecule has 0 spiro atoms. The van der Waals surface area contributed by atoms with E-state index in [0.29, 0.717) is 46.5 Å². The Hall–Kier alpha value is -3.32. The second-order valence-corrected chi connectivity index (χ2v) is 11.0. The number of rotatable bonds is 5. The minimum Gasteiger partial charge on any atom is -0.497 e. The molecule has 0 bridgehead atoms. The second-order valence-electron chi connectivity index (χ2n) is 10.1. The van der Waals surface area contributed by atoms with E-state index in [-0.39, 0.29) is 16.8 Å². The summed E-state index contributed by atoms with van der Waals surface area (Å²) in [5, 5.41) is 3.94. The number of carbonyl (C=O) groups is 1. The number of hydrogen-bond donors (Lipinski definition) is 2. The Labute approximate surface area is 209 Å². The van der Waals surface area contributed by atoms with Gasteiger partial charge in [-0.15, -0.1) is 0 Å². The van der Waals surface area contributed by atoms with Gasteiger partial charge in [0.2, 0.25) is 0 Å². The topological polar surface area (TPSA) is 84.1 Å². The number of nitrogens with zero attached hydrogens (tertiary/aromatic N) is 1. The summed E-state index contributed by atoms with van der Waals surface area (Å²) >= 11 is 1.49. The lowest BCUT2D eigenvalue weighted by Crippen LogP contribution is -2.37. The molecule has 1 atom stereocenters. The van der Waals surface area contributed by atoms with Crippen molar-refractivity contribution in [3.8, 4) is 5.75 Å². The number of benzene rings is 2. The van der Waals surface area contributed by atoms with Crippen LogP contribution in [0.3, 0.4) is 0 Å². The van der Waals surface area contributed by atoms with Crippen molar-refractivity contribution in [2.24, 2.45) is 5.41 Å². The van der Waals surface area contributed by atoms with Crippen LogP contribution in [0.2, 0.25) is 0 Å². The number of ether oxygens (including phenoxy) is 1. The Balaban J connectivity index is 1.58. The third-order valence-corrected chi connectivity index (χ3v) is 7.57. The van der Waals surface area contributed by atoms with Crippen molar-refractivity contribution in [2.75, 3.05) is 12.4 Å². The number of aromatic amines is 1. The highest BCUT2D eigenvalue weighted by Gasteiger charge is 2.42. The van der Waals surface area contributed by atoms with Gasteiger partial charge in [-0.3, -0.25) is 9.59 Å². The van der Waals surface area contributed by atoms with Crippen molar-refractivity contribution in [3.63, 3.8) is 0 Å². The lowest BCUT2D eigenvalue weighted by Gasteiger charge is -2.38. The first-order chi connectivity index (χ1) is 16.7. The van der Waals surface area contributed by atoms with Crippen LogP contribution >= 0.6 is 11.8 Å². The van der Waals surface area contributed by atoms with Crippen LogP contribution in [-0.2, 0) is 10.5 Å². The Morgan fingerprint density at radius 2 is 1.89 bits per heavy atom. The van der Waals surface area contributed by atoms with Crippen molar-refractivity contribution in [3.05, 3.63) is 92.4 Å². The number of aromatic nitrogens is 2. The van der Waals surface area contributed by atoms with Gasteiger partial charge in [0.25, 0.3) is 5.56 Å². The molecule has 1 aliphatic heterocycles. The number of ketones is 1. The Morgan fingerprint density at radius 1 is 1.11 bits per heavy atom. The summed E-state index contributed by atoms with van der Waals surface area (Å²) < 4.78 is 5.44.